The van der Waals surface area contributed by atoms with Gasteiger partial charge in [-0.15, -0.1) is 0 Å². The fourth-order valence-corrected chi connectivity index (χ4v) is 3.41. The predicted octanol–water partition coefficient (Wildman–Crippen LogP) is 0.335. The molecule has 1 aromatic heterocycles. The highest BCUT2D eigenvalue weighted by atomic mass is 32.2. The van der Waals surface area contributed by atoms with Crippen molar-refractivity contribution in [1.29, 1.82) is 0 Å². The van der Waals surface area contributed by atoms with Crippen molar-refractivity contribution >= 4 is 10.0 Å². The van der Waals surface area contributed by atoms with E-state index in [1.807, 2.05) is 0 Å². The van der Waals surface area contributed by atoms with Crippen LogP contribution in [0.15, 0.2) is 17.3 Å². The van der Waals surface area contributed by atoms with Crippen molar-refractivity contribution in [2.24, 2.45) is 0 Å². The number of rotatable bonds is 4. The number of aromatic nitrogens is 2. The summed E-state index contributed by atoms with van der Waals surface area (Å²) >= 11 is 0. The first kappa shape index (κ1) is 12.5. The van der Waals surface area contributed by atoms with Gasteiger partial charge in [0.1, 0.15) is 4.90 Å². The monoisotopic (exact) mass is 259 g/mol. The molecular weight excluding hydrogens is 242 g/mol. The first-order valence-corrected chi connectivity index (χ1v) is 7.06. The lowest BCUT2D eigenvalue weighted by atomic mass is 10.0. The third-order valence-corrected chi connectivity index (χ3v) is 5.00. The number of aliphatic hydroxyl groups is 1. The summed E-state index contributed by atoms with van der Waals surface area (Å²) in [4.78, 5) is 0.126. The third-order valence-electron chi connectivity index (χ3n) is 3.23. The zero-order valence-electron chi connectivity index (χ0n) is 9.76. The normalized spacial score (nSPS) is 19.9. The Hall–Kier alpha value is -0.920. The molecule has 0 bridgehead atoms. The summed E-state index contributed by atoms with van der Waals surface area (Å²) in [5.41, 5.74) is -0.869. The molecule has 1 aliphatic rings. The molecule has 0 unspecified atom stereocenters. The lowest BCUT2D eigenvalue weighted by Crippen LogP contribution is -2.41. The molecule has 17 heavy (non-hydrogen) atoms. The van der Waals surface area contributed by atoms with E-state index in [9.17, 15) is 13.5 Å². The van der Waals surface area contributed by atoms with E-state index in [0.717, 1.165) is 12.8 Å². The average molecular weight is 259 g/mol. The van der Waals surface area contributed by atoms with Crippen molar-refractivity contribution in [3.63, 3.8) is 0 Å². The molecule has 2 N–H and O–H groups in total. The molecule has 1 heterocycles. The van der Waals surface area contributed by atoms with Gasteiger partial charge >= 0.3 is 0 Å². The van der Waals surface area contributed by atoms with Gasteiger partial charge in [0.2, 0.25) is 10.0 Å². The Labute approximate surface area is 101 Å². The molecule has 96 valence electrons. The molecule has 6 nitrogen and oxygen atoms in total. The minimum atomic E-state index is -3.54. The van der Waals surface area contributed by atoms with Gasteiger partial charge in [-0.25, -0.2) is 8.42 Å². The van der Waals surface area contributed by atoms with Gasteiger partial charge in [0.25, 0.3) is 0 Å². The minimum Gasteiger partial charge on any atom is -0.389 e. The molecule has 0 aromatic carbocycles. The van der Waals surface area contributed by atoms with Crippen LogP contribution in [0, 0.1) is 0 Å². The summed E-state index contributed by atoms with van der Waals surface area (Å²) < 4.78 is 25.4. The molecule has 7 heteroatoms. The van der Waals surface area contributed by atoms with Crippen LogP contribution in [0.1, 0.15) is 25.7 Å². The molecule has 1 aliphatic carbocycles. The number of hydrogen-bond donors (Lipinski definition) is 2. The first-order valence-electron chi connectivity index (χ1n) is 5.62. The van der Waals surface area contributed by atoms with Gasteiger partial charge in [-0.05, 0) is 12.8 Å². The second-order valence-corrected chi connectivity index (χ2v) is 6.67. The quantitative estimate of drug-likeness (QED) is 0.816. The number of sulfonamides is 1. The summed E-state index contributed by atoms with van der Waals surface area (Å²) in [6, 6.07) is 0. The topological polar surface area (TPSA) is 86.3 Å². The SMILES string of the molecule is CN(CC1(O)CCCC1)S(=O)(=O)c1cn[nH]c1. The number of likely N-dealkylation sites (N-methyl/N-ethyl adjacent to an activating group) is 1. The van der Waals surface area contributed by atoms with E-state index in [-0.39, 0.29) is 11.4 Å². The lowest BCUT2D eigenvalue weighted by molar-refractivity contribution is 0.0333. The van der Waals surface area contributed by atoms with Crippen LogP contribution in [0.3, 0.4) is 0 Å². The number of hydrogen-bond acceptors (Lipinski definition) is 4. The highest BCUT2D eigenvalue weighted by Gasteiger charge is 2.35. The average Bonchev–Trinajstić information content (AvgIpc) is 2.88. The van der Waals surface area contributed by atoms with Crippen molar-refractivity contribution in [3.05, 3.63) is 12.4 Å². The molecule has 0 saturated heterocycles. The molecule has 0 aliphatic heterocycles. The standard InChI is InChI=1S/C10H17N3O3S/c1-13(8-10(14)4-2-3-5-10)17(15,16)9-6-11-12-7-9/h6-7,14H,2-5,8H2,1H3,(H,11,12). The predicted molar refractivity (Wildman–Crippen MR) is 61.8 cm³/mol. The Bertz CT molecular complexity index is 463. The molecular formula is C10H17N3O3S. The summed E-state index contributed by atoms with van der Waals surface area (Å²) in [6.45, 7) is 0.139. The van der Waals surface area contributed by atoms with Gasteiger partial charge in [0, 0.05) is 19.8 Å². The number of H-pyrrole nitrogens is 1. The molecule has 2 rings (SSSR count). The smallest absolute Gasteiger partial charge is 0.246 e. The number of nitrogens with zero attached hydrogens (tertiary/aromatic N) is 2. The van der Waals surface area contributed by atoms with Crippen LogP contribution in [-0.2, 0) is 10.0 Å². The van der Waals surface area contributed by atoms with Crippen molar-refractivity contribution in [2.45, 2.75) is 36.2 Å². The Morgan fingerprint density at radius 1 is 1.53 bits per heavy atom. The second kappa shape index (κ2) is 4.40. The van der Waals surface area contributed by atoms with Gasteiger partial charge in [0.05, 0.1) is 11.8 Å². The zero-order chi connectivity index (χ0) is 12.5. The highest BCUT2D eigenvalue weighted by molar-refractivity contribution is 7.89. The Balaban J connectivity index is 2.12. The fraction of sp³-hybridized carbons (Fsp3) is 0.700. The number of nitrogens with one attached hydrogen (secondary N) is 1. The van der Waals surface area contributed by atoms with E-state index in [0.29, 0.717) is 12.8 Å². The van der Waals surface area contributed by atoms with Crippen LogP contribution in [0.25, 0.3) is 0 Å². The van der Waals surface area contributed by atoms with E-state index < -0.39 is 15.6 Å². The van der Waals surface area contributed by atoms with Crippen LogP contribution >= 0.6 is 0 Å². The molecule has 1 aromatic rings. The maximum atomic E-state index is 12.1. The molecule has 0 amide bonds. The summed E-state index contributed by atoms with van der Waals surface area (Å²) in [5.74, 6) is 0. The van der Waals surface area contributed by atoms with Crippen LogP contribution in [-0.4, -0.2) is 47.2 Å². The van der Waals surface area contributed by atoms with Gasteiger partial charge in [-0.2, -0.15) is 9.40 Å². The third kappa shape index (κ3) is 2.51. The maximum absolute atomic E-state index is 12.1. The molecule has 1 saturated carbocycles. The molecule has 0 spiro atoms. The van der Waals surface area contributed by atoms with Crippen LogP contribution in [0.2, 0.25) is 0 Å². The Morgan fingerprint density at radius 3 is 2.71 bits per heavy atom. The second-order valence-electron chi connectivity index (χ2n) is 4.63. The van der Waals surface area contributed by atoms with Gasteiger partial charge in [-0.3, -0.25) is 5.10 Å². The van der Waals surface area contributed by atoms with Crippen LogP contribution in [0.4, 0.5) is 0 Å². The van der Waals surface area contributed by atoms with E-state index in [2.05, 4.69) is 10.2 Å². The van der Waals surface area contributed by atoms with E-state index >= 15 is 0 Å². The molecule has 0 radical (unpaired) electrons. The van der Waals surface area contributed by atoms with Crippen molar-refractivity contribution in [1.82, 2.24) is 14.5 Å². The van der Waals surface area contributed by atoms with Crippen LogP contribution < -0.4 is 0 Å². The first-order chi connectivity index (χ1) is 7.94. The van der Waals surface area contributed by atoms with Crippen molar-refractivity contribution in [3.8, 4) is 0 Å². The molecule has 0 atom stereocenters. The van der Waals surface area contributed by atoms with E-state index in [1.165, 1.54) is 23.7 Å². The minimum absolute atomic E-state index is 0.126. The maximum Gasteiger partial charge on any atom is 0.246 e. The lowest BCUT2D eigenvalue weighted by Gasteiger charge is -2.27. The zero-order valence-corrected chi connectivity index (χ0v) is 10.6. The highest BCUT2D eigenvalue weighted by Crippen LogP contribution is 2.31. The van der Waals surface area contributed by atoms with E-state index in [1.54, 1.807) is 0 Å². The Morgan fingerprint density at radius 2 is 2.18 bits per heavy atom. The summed E-state index contributed by atoms with van der Waals surface area (Å²) in [6.07, 6.45) is 5.84. The fourth-order valence-electron chi connectivity index (χ4n) is 2.25. The van der Waals surface area contributed by atoms with Crippen molar-refractivity contribution < 1.29 is 13.5 Å². The van der Waals surface area contributed by atoms with Gasteiger partial charge in [0.15, 0.2) is 0 Å². The van der Waals surface area contributed by atoms with Crippen molar-refractivity contribution in [2.75, 3.05) is 13.6 Å². The molecule has 1 fully saturated rings. The summed E-state index contributed by atoms with van der Waals surface area (Å²) in [5, 5.41) is 16.3. The number of aromatic amines is 1. The van der Waals surface area contributed by atoms with Gasteiger partial charge in [-0.1, -0.05) is 12.8 Å². The Kier molecular flexibility index (Phi) is 3.24. The largest absolute Gasteiger partial charge is 0.389 e. The van der Waals surface area contributed by atoms with E-state index in [4.69, 9.17) is 0 Å². The van der Waals surface area contributed by atoms with Gasteiger partial charge < -0.3 is 5.11 Å². The van der Waals surface area contributed by atoms with Crippen LogP contribution in [0.5, 0.6) is 0 Å². The summed E-state index contributed by atoms with van der Waals surface area (Å²) in [7, 11) is -2.06.